The molecular formula is C12H11ClN2O4. The third kappa shape index (κ3) is 3.03. The van der Waals surface area contributed by atoms with Gasteiger partial charge in [-0.2, -0.15) is 0 Å². The Bertz CT molecular complexity index is 571. The number of carboxylic acid groups (broad SMARTS) is 1. The van der Waals surface area contributed by atoms with Crippen LogP contribution in [0.3, 0.4) is 0 Å². The fourth-order valence-electron chi connectivity index (χ4n) is 1.54. The molecule has 0 radical (unpaired) electrons. The minimum atomic E-state index is -1.19. The van der Waals surface area contributed by atoms with Crippen LogP contribution in [-0.4, -0.2) is 28.8 Å². The summed E-state index contributed by atoms with van der Waals surface area (Å²) in [6.07, 6.45) is -0.980. The molecule has 1 aliphatic rings. The number of hydrogen-bond donors (Lipinski definition) is 2. The first-order chi connectivity index (χ1) is 8.97. The van der Waals surface area contributed by atoms with Gasteiger partial charge in [0.05, 0.1) is 0 Å². The molecule has 1 unspecified atom stereocenters. The highest BCUT2D eigenvalue weighted by atomic mass is 35.5. The van der Waals surface area contributed by atoms with E-state index < -0.39 is 18.0 Å². The van der Waals surface area contributed by atoms with Gasteiger partial charge in [0.2, 0.25) is 6.10 Å². The van der Waals surface area contributed by atoms with Crippen molar-refractivity contribution in [2.24, 2.45) is 5.16 Å². The molecule has 0 saturated heterocycles. The number of benzene rings is 1. The standard InChI is InChI=1S/C12H11ClN2O4/c1-6-2-3-7(4-8(6)13)14-11(16)10-5-9(12(17)18)15-19-10/h2-4,10H,5H2,1H3,(H,14,16)(H,17,18). The molecule has 100 valence electrons. The molecule has 1 aromatic rings. The van der Waals surface area contributed by atoms with Gasteiger partial charge in [-0.15, -0.1) is 0 Å². The summed E-state index contributed by atoms with van der Waals surface area (Å²) in [7, 11) is 0. The molecule has 0 fully saturated rings. The van der Waals surface area contributed by atoms with E-state index >= 15 is 0 Å². The minimum absolute atomic E-state index is 0.0548. The number of hydrogen-bond acceptors (Lipinski definition) is 4. The smallest absolute Gasteiger partial charge is 0.353 e. The topological polar surface area (TPSA) is 88.0 Å². The van der Waals surface area contributed by atoms with Crippen molar-refractivity contribution in [3.8, 4) is 0 Å². The summed E-state index contributed by atoms with van der Waals surface area (Å²) in [4.78, 5) is 27.3. The van der Waals surface area contributed by atoms with Crippen LogP contribution in [0, 0.1) is 6.92 Å². The lowest BCUT2D eigenvalue weighted by atomic mass is 10.1. The first-order valence-corrected chi connectivity index (χ1v) is 5.88. The molecule has 1 amide bonds. The summed E-state index contributed by atoms with van der Waals surface area (Å²) in [5.74, 6) is -1.64. The van der Waals surface area contributed by atoms with Crippen molar-refractivity contribution in [3.05, 3.63) is 28.8 Å². The normalized spacial score (nSPS) is 17.6. The van der Waals surface area contributed by atoms with E-state index in [0.29, 0.717) is 10.7 Å². The van der Waals surface area contributed by atoms with E-state index in [1.807, 2.05) is 6.92 Å². The van der Waals surface area contributed by atoms with Crippen LogP contribution in [0.4, 0.5) is 5.69 Å². The Labute approximate surface area is 114 Å². The van der Waals surface area contributed by atoms with Gasteiger partial charge in [0, 0.05) is 17.1 Å². The zero-order chi connectivity index (χ0) is 14.0. The zero-order valence-electron chi connectivity index (χ0n) is 10.0. The number of amides is 1. The Morgan fingerprint density at radius 3 is 2.84 bits per heavy atom. The number of carbonyl (C=O) groups excluding carboxylic acids is 1. The van der Waals surface area contributed by atoms with Crippen molar-refractivity contribution in [1.29, 1.82) is 0 Å². The molecule has 0 bridgehead atoms. The van der Waals surface area contributed by atoms with Crippen LogP contribution < -0.4 is 5.32 Å². The van der Waals surface area contributed by atoms with Gasteiger partial charge < -0.3 is 15.3 Å². The Morgan fingerprint density at radius 1 is 1.53 bits per heavy atom. The average molecular weight is 283 g/mol. The van der Waals surface area contributed by atoms with Gasteiger partial charge in [-0.1, -0.05) is 22.8 Å². The lowest BCUT2D eigenvalue weighted by Gasteiger charge is -2.10. The number of halogens is 1. The molecule has 0 spiro atoms. The van der Waals surface area contributed by atoms with Crippen molar-refractivity contribution in [2.75, 3.05) is 5.32 Å². The fourth-order valence-corrected chi connectivity index (χ4v) is 1.72. The van der Waals surface area contributed by atoms with Crippen molar-refractivity contribution < 1.29 is 19.5 Å². The van der Waals surface area contributed by atoms with Gasteiger partial charge in [0.25, 0.3) is 5.91 Å². The van der Waals surface area contributed by atoms with Gasteiger partial charge in [-0.3, -0.25) is 4.79 Å². The average Bonchev–Trinajstić information content (AvgIpc) is 2.83. The Hall–Kier alpha value is -2.08. The second-order valence-corrected chi connectivity index (χ2v) is 4.50. The van der Waals surface area contributed by atoms with E-state index in [9.17, 15) is 9.59 Å². The summed E-state index contributed by atoms with van der Waals surface area (Å²) >= 11 is 5.94. The van der Waals surface area contributed by atoms with E-state index in [-0.39, 0.29) is 12.1 Å². The largest absolute Gasteiger partial charge is 0.477 e. The second-order valence-electron chi connectivity index (χ2n) is 4.09. The number of oxime groups is 1. The number of aliphatic carboxylic acids is 1. The first kappa shape index (κ1) is 13.4. The molecule has 1 heterocycles. The Kier molecular flexibility index (Phi) is 3.71. The molecule has 2 rings (SSSR count). The lowest BCUT2D eigenvalue weighted by molar-refractivity contribution is -0.129. The molecule has 1 aromatic carbocycles. The van der Waals surface area contributed by atoms with E-state index in [1.165, 1.54) is 0 Å². The predicted molar refractivity (Wildman–Crippen MR) is 69.4 cm³/mol. The molecule has 0 aromatic heterocycles. The van der Waals surface area contributed by atoms with Crippen molar-refractivity contribution in [3.63, 3.8) is 0 Å². The summed E-state index contributed by atoms with van der Waals surface area (Å²) < 4.78 is 0. The molecule has 0 aliphatic carbocycles. The van der Waals surface area contributed by atoms with Gasteiger partial charge in [0.1, 0.15) is 0 Å². The number of carbonyl (C=O) groups is 2. The van der Waals surface area contributed by atoms with Gasteiger partial charge in [-0.05, 0) is 24.6 Å². The van der Waals surface area contributed by atoms with E-state index in [2.05, 4.69) is 10.5 Å². The summed E-state index contributed by atoms with van der Waals surface area (Å²) in [5.41, 5.74) is 1.25. The maximum Gasteiger partial charge on any atom is 0.353 e. The summed E-state index contributed by atoms with van der Waals surface area (Å²) in [6, 6.07) is 5.09. The van der Waals surface area contributed by atoms with E-state index in [0.717, 1.165) is 5.56 Å². The van der Waals surface area contributed by atoms with Crippen LogP contribution in [0.5, 0.6) is 0 Å². The predicted octanol–water partition coefficient (Wildman–Crippen LogP) is 1.82. The van der Waals surface area contributed by atoms with Crippen molar-refractivity contribution in [1.82, 2.24) is 0 Å². The zero-order valence-corrected chi connectivity index (χ0v) is 10.8. The SMILES string of the molecule is Cc1ccc(NC(=O)C2CC(C(=O)O)=NO2)cc1Cl. The van der Waals surface area contributed by atoms with Gasteiger partial charge in [0.15, 0.2) is 5.71 Å². The van der Waals surface area contributed by atoms with Crippen LogP contribution in [0.15, 0.2) is 23.4 Å². The van der Waals surface area contributed by atoms with Crippen LogP contribution in [0.25, 0.3) is 0 Å². The second kappa shape index (κ2) is 5.27. The molecular weight excluding hydrogens is 272 g/mol. The number of nitrogens with zero attached hydrogens (tertiary/aromatic N) is 1. The van der Waals surface area contributed by atoms with Crippen LogP contribution in [0.2, 0.25) is 5.02 Å². The fraction of sp³-hybridized carbons (Fsp3) is 0.250. The van der Waals surface area contributed by atoms with Gasteiger partial charge in [-0.25, -0.2) is 4.79 Å². The highest BCUT2D eigenvalue weighted by Crippen LogP contribution is 2.21. The molecule has 7 heteroatoms. The monoisotopic (exact) mass is 282 g/mol. The first-order valence-electron chi connectivity index (χ1n) is 5.50. The highest BCUT2D eigenvalue weighted by Gasteiger charge is 2.31. The number of anilines is 1. The van der Waals surface area contributed by atoms with Crippen LogP contribution >= 0.6 is 11.6 Å². The third-order valence-electron chi connectivity index (χ3n) is 2.65. The third-order valence-corrected chi connectivity index (χ3v) is 3.05. The van der Waals surface area contributed by atoms with E-state index in [1.54, 1.807) is 18.2 Å². The Morgan fingerprint density at radius 2 is 2.26 bits per heavy atom. The number of nitrogens with one attached hydrogen (secondary N) is 1. The van der Waals surface area contributed by atoms with Crippen molar-refractivity contribution >= 4 is 34.9 Å². The number of aryl methyl sites for hydroxylation is 1. The summed E-state index contributed by atoms with van der Waals surface area (Å²) in [5, 5.41) is 15.2. The van der Waals surface area contributed by atoms with Crippen LogP contribution in [-0.2, 0) is 14.4 Å². The highest BCUT2D eigenvalue weighted by molar-refractivity contribution is 6.36. The molecule has 1 atom stereocenters. The van der Waals surface area contributed by atoms with Crippen LogP contribution in [0.1, 0.15) is 12.0 Å². The number of carboxylic acids is 1. The minimum Gasteiger partial charge on any atom is -0.477 e. The molecule has 0 saturated carbocycles. The van der Waals surface area contributed by atoms with Gasteiger partial charge >= 0.3 is 5.97 Å². The number of rotatable bonds is 3. The molecule has 6 nitrogen and oxygen atoms in total. The molecule has 2 N–H and O–H groups in total. The Balaban J connectivity index is 1.99. The quantitative estimate of drug-likeness (QED) is 0.885. The maximum absolute atomic E-state index is 11.8. The summed E-state index contributed by atoms with van der Waals surface area (Å²) in [6.45, 7) is 1.85. The maximum atomic E-state index is 11.8. The van der Waals surface area contributed by atoms with Crippen molar-refractivity contribution in [2.45, 2.75) is 19.4 Å². The lowest BCUT2D eigenvalue weighted by Crippen LogP contribution is -2.28. The molecule has 19 heavy (non-hydrogen) atoms. The molecule has 1 aliphatic heterocycles. The van der Waals surface area contributed by atoms with E-state index in [4.69, 9.17) is 21.5 Å².